The first kappa shape index (κ1) is 17.9. The third-order valence-electron chi connectivity index (χ3n) is 4.85. The van der Waals surface area contributed by atoms with Crippen LogP contribution in [0.2, 0.25) is 0 Å². The van der Waals surface area contributed by atoms with Crippen LogP contribution in [0.1, 0.15) is 37.4 Å². The molecule has 134 valence electrons. The van der Waals surface area contributed by atoms with Gasteiger partial charge in [-0.05, 0) is 44.7 Å². The van der Waals surface area contributed by atoms with Crippen molar-refractivity contribution in [1.29, 1.82) is 0 Å². The van der Waals surface area contributed by atoms with Crippen molar-refractivity contribution in [2.45, 2.75) is 43.3 Å². The monoisotopic (exact) mass is 370 g/mol. The summed E-state index contributed by atoms with van der Waals surface area (Å²) in [6.07, 6.45) is 5.82. The van der Waals surface area contributed by atoms with Gasteiger partial charge in [-0.1, -0.05) is 17.8 Å². The Morgan fingerprint density at radius 1 is 1.29 bits per heavy atom. The third-order valence-corrected chi connectivity index (χ3v) is 7.68. The van der Waals surface area contributed by atoms with Gasteiger partial charge in [0.1, 0.15) is 5.82 Å². The first-order valence-corrected chi connectivity index (χ1v) is 11.5. The van der Waals surface area contributed by atoms with Crippen LogP contribution in [-0.4, -0.2) is 53.5 Å². The predicted molar refractivity (Wildman–Crippen MR) is 97.2 cm³/mol. The van der Waals surface area contributed by atoms with Gasteiger partial charge < -0.3 is 9.88 Å². The molecule has 24 heavy (non-hydrogen) atoms. The van der Waals surface area contributed by atoms with Gasteiger partial charge in [0.05, 0.1) is 11.5 Å². The highest BCUT2D eigenvalue weighted by Gasteiger charge is 2.28. The zero-order valence-electron chi connectivity index (χ0n) is 14.0. The van der Waals surface area contributed by atoms with Crippen LogP contribution < -0.4 is 5.32 Å². The minimum Gasteiger partial charge on any atom is -0.317 e. The summed E-state index contributed by atoms with van der Waals surface area (Å²) in [5, 5.41) is 13.2. The first-order chi connectivity index (χ1) is 11.6. The molecule has 0 radical (unpaired) electrons. The second-order valence-corrected chi connectivity index (χ2v) is 9.96. The topological polar surface area (TPSA) is 76.9 Å². The van der Waals surface area contributed by atoms with Crippen LogP contribution in [0.15, 0.2) is 17.8 Å². The Morgan fingerprint density at radius 2 is 2.08 bits per heavy atom. The standard InChI is InChI=1S/C16H26N4O2S2/c1-2-9-20-15(14-3-7-17-8-4-14)18-19-16(20)23-10-5-13-6-11-24(21,22)12-13/h2,13-14,17H,1,3-12H2/t13-/m1/s1. The molecule has 2 aliphatic rings. The average Bonchev–Trinajstić information content (AvgIpc) is 3.12. The maximum absolute atomic E-state index is 11.5. The molecule has 1 aromatic rings. The summed E-state index contributed by atoms with van der Waals surface area (Å²) in [6, 6.07) is 0. The third kappa shape index (κ3) is 4.40. The number of aromatic nitrogens is 3. The normalized spacial score (nSPS) is 24.2. The average molecular weight is 371 g/mol. The van der Waals surface area contributed by atoms with E-state index in [1.54, 1.807) is 11.8 Å². The summed E-state index contributed by atoms with van der Waals surface area (Å²) in [4.78, 5) is 0. The number of piperidine rings is 1. The van der Waals surface area contributed by atoms with E-state index in [-0.39, 0.29) is 0 Å². The van der Waals surface area contributed by atoms with Gasteiger partial charge >= 0.3 is 0 Å². The van der Waals surface area contributed by atoms with E-state index < -0.39 is 9.84 Å². The van der Waals surface area contributed by atoms with E-state index in [9.17, 15) is 8.42 Å². The van der Waals surface area contributed by atoms with Gasteiger partial charge in [-0.3, -0.25) is 0 Å². The fraction of sp³-hybridized carbons (Fsp3) is 0.750. The Kier molecular flexibility index (Phi) is 5.99. The largest absolute Gasteiger partial charge is 0.317 e. The van der Waals surface area contributed by atoms with E-state index in [1.165, 1.54) is 0 Å². The lowest BCUT2D eigenvalue weighted by Crippen LogP contribution is -2.28. The molecule has 1 aromatic heterocycles. The molecule has 6 nitrogen and oxygen atoms in total. The SMILES string of the molecule is C=CCn1c(SCC[C@@H]2CCS(=O)(=O)C2)nnc1C1CCNCC1. The van der Waals surface area contributed by atoms with Crippen LogP contribution >= 0.6 is 11.8 Å². The Hall–Kier alpha value is -0.860. The van der Waals surface area contributed by atoms with Crippen LogP contribution in [-0.2, 0) is 16.4 Å². The highest BCUT2D eigenvalue weighted by molar-refractivity contribution is 7.99. The van der Waals surface area contributed by atoms with E-state index in [0.29, 0.717) is 23.3 Å². The summed E-state index contributed by atoms with van der Waals surface area (Å²) < 4.78 is 25.3. The zero-order chi connectivity index (χ0) is 17.0. The van der Waals surface area contributed by atoms with E-state index in [4.69, 9.17) is 0 Å². The van der Waals surface area contributed by atoms with Crippen molar-refractivity contribution in [1.82, 2.24) is 20.1 Å². The molecule has 0 unspecified atom stereocenters. The molecule has 0 aromatic carbocycles. The molecule has 2 aliphatic heterocycles. The number of thioether (sulfide) groups is 1. The molecule has 3 rings (SSSR count). The molecular formula is C16H26N4O2S2. The summed E-state index contributed by atoms with van der Waals surface area (Å²) in [5.74, 6) is 3.45. The molecule has 0 saturated carbocycles. The molecule has 0 bridgehead atoms. The highest BCUT2D eigenvalue weighted by atomic mass is 32.2. The smallest absolute Gasteiger partial charge is 0.191 e. The second-order valence-electron chi connectivity index (χ2n) is 6.67. The fourth-order valence-corrected chi connectivity index (χ4v) is 6.47. The fourth-order valence-electron chi connectivity index (χ4n) is 3.51. The summed E-state index contributed by atoms with van der Waals surface area (Å²) in [5.41, 5.74) is 0. The number of nitrogens with zero attached hydrogens (tertiary/aromatic N) is 3. The summed E-state index contributed by atoms with van der Waals surface area (Å²) in [6.45, 7) is 6.65. The molecular weight excluding hydrogens is 344 g/mol. The number of allylic oxidation sites excluding steroid dienone is 1. The number of hydrogen-bond donors (Lipinski definition) is 1. The van der Waals surface area contributed by atoms with Crippen LogP contribution in [0.3, 0.4) is 0 Å². The van der Waals surface area contributed by atoms with Crippen LogP contribution in [0.25, 0.3) is 0 Å². The molecule has 0 aliphatic carbocycles. The van der Waals surface area contributed by atoms with Crippen LogP contribution in [0.5, 0.6) is 0 Å². The second kappa shape index (κ2) is 8.01. The van der Waals surface area contributed by atoms with Gasteiger partial charge in [-0.2, -0.15) is 0 Å². The molecule has 8 heteroatoms. The van der Waals surface area contributed by atoms with Crippen molar-refractivity contribution in [3.05, 3.63) is 18.5 Å². The minimum atomic E-state index is -2.78. The van der Waals surface area contributed by atoms with E-state index in [2.05, 4.69) is 26.7 Å². The van der Waals surface area contributed by atoms with E-state index in [1.807, 2.05) is 6.08 Å². The number of rotatable bonds is 7. The number of sulfone groups is 1. The van der Waals surface area contributed by atoms with Crippen molar-refractivity contribution in [3.8, 4) is 0 Å². The van der Waals surface area contributed by atoms with Crippen molar-refractivity contribution in [2.24, 2.45) is 5.92 Å². The highest BCUT2D eigenvalue weighted by Crippen LogP contribution is 2.29. The van der Waals surface area contributed by atoms with Crippen molar-refractivity contribution >= 4 is 21.6 Å². The van der Waals surface area contributed by atoms with Gasteiger partial charge in [-0.15, -0.1) is 16.8 Å². The van der Waals surface area contributed by atoms with E-state index in [0.717, 1.165) is 62.1 Å². The van der Waals surface area contributed by atoms with Crippen molar-refractivity contribution in [2.75, 3.05) is 30.3 Å². The Bertz CT molecular complexity index is 666. The van der Waals surface area contributed by atoms with Gasteiger partial charge in [0.25, 0.3) is 0 Å². The predicted octanol–water partition coefficient (Wildman–Crippen LogP) is 1.85. The number of hydrogen-bond acceptors (Lipinski definition) is 6. The quantitative estimate of drug-likeness (QED) is 0.583. The molecule has 2 fully saturated rings. The van der Waals surface area contributed by atoms with Gasteiger partial charge in [0.2, 0.25) is 0 Å². The Morgan fingerprint density at radius 3 is 2.75 bits per heavy atom. The minimum absolute atomic E-state index is 0.308. The summed E-state index contributed by atoms with van der Waals surface area (Å²) >= 11 is 1.69. The summed E-state index contributed by atoms with van der Waals surface area (Å²) in [7, 11) is -2.78. The zero-order valence-corrected chi connectivity index (χ0v) is 15.6. The molecule has 1 N–H and O–H groups in total. The Labute approximate surface area is 148 Å². The molecule has 1 atom stereocenters. The lowest BCUT2D eigenvalue weighted by Gasteiger charge is -2.22. The molecule has 3 heterocycles. The van der Waals surface area contributed by atoms with Gasteiger partial charge in [0, 0.05) is 18.2 Å². The van der Waals surface area contributed by atoms with E-state index >= 15 is 0 Å². The molecule has 2 saturated heterocycles. The van der Waals surface area contributed by atoms with Crippen LogP contribution in [0.4, 0.5) is 0 Å². The molecule has 0 amide bonds. The Balaban J connectivity index is 1.60. The molecule has 0 spiro atoms. The van der Waals surface area contributed by atoms with Gasteiger partial charge in [0.15, 0.2) is 15.0 Å². The van der Waals surface area contributed by atoms with Crippen LogP contribution in [0, 0.1) is 5.92 Å². The first-order valence-electron chi connectivity index (χ1n) is 8.67. The maximum atomic E-state index is 11.5. The lowest BCUT2D eigenvalue weighted by molar-refractivity contribution is 0.431. The number of nitrogens with one attached hydrogen (secondary N) is 1. The lowest BCUT2D eigenvalue weighted by atomic mass is 9.97. The van der Waals surface area contributed by atoms with Gasteiger partial charge in [-0.25, -0.2) is 8.42 Å². The van der Waals surface area contributed by atoms with Crippen molar-refractivity contribution < 1.29 is 8.42 Å². The van der Waals surface area contributed by atoms with Crippen molar-refractivity contribution in [3.63, 3.8) is 0 Å². The maximum Gasteiger partial charge on any atom is 0.191 e.